The van der Waals surface area contributed by atoms with Crippen LogP contribution in [0.25, 0.3) is 0 Å². The van der Waals surface area contributed by atoms with Gasteiger partial charge in [-0.3, -0.25) is 28.0 Å². The standard InChI is InChI=1S/C9H14BrN2O14P3/c10-4-2-12(9(15)11-8(4)14)7-1-5(13)6(24-7)3-23-28(19,20)26-29(21,22)25-27(16,17)18/h2,5-7,13H,1,3H2,(H,19,20)(H,21,22)(H,11,14,15)(H2,16,17,18)/p-3/t5?,6-,7-/m1/s1. The predicted octanol–water partition coefficient (Wildman–Crippen LogP) is -2.61. The van der Waals surface area contributed by atoms with Crippen molar-refractivity contribution in [1.82, 2.24) is 9.55 Å². The molecule has 1 aliphatic heterocycles. The molecule has 0 bridgehead atoms. The third kappa shape index (κ3) is 7.29. The Balaban J connectivity index is 2.03. The number of aromatic nitrogens is 2. The fourth-order valence-electron chi connectivity index (χ4n) is 2.16. The van der Waals surface area contributed by atoms with Gasteiger partial charge < -0.3 is 33.9 Å². The molecule has 16 nitrogen and oxygen atoms in total. The van der Waals surface area contributed by atoms with Crippen LogP contribution >= 0.6 is 39.4 Å². The average molecular weight is 544 g/mol. The number of halogens is 1. The van der Waals surface area contributed by atoms with E-state index in [1.807, 2.05) is 4.98 Å². The second kappa shape index (κ2) is 8.93. The van der Waals surface area contributed by atoms with Gasteiger partial charge in [-0.05, 0) is 15.9 Å². The fraction of sp³-hybridized carbons (Fsp3) is 0.556. The molecule has 0 radical (unpaired) electrons. The molecule has 1 saturated heterocycles. The van der Waals surface area contributed by atoms with Gasteiger partial charge in [-0.2, -0.15) is 0 Å². The first-order valence-electron chi connectivity index (χ1n) is 7.16. The first-order valence-corrected chi connectivity index (χ1v) is 12.4. The summed E-state index contributed by atoms with van der Waals surface area (Å²) in [6, 6.07) is 0. The van der Waals surface area contributed by atoms with Crippen molar-refractivity contribution in [2.45, 2.75) is 24.9 Å². The highest BCUT2D eigenvalue weighted by molar-refractivity contribution is 9.10. The summed E-state index contributed by atoms with van der Waals surface area (Å²) in [7, 11) is -17.7. The zero-order chi connectivity index (χ0) is 22.2. The van der Waals surface area contributed by atoms with Crippen molar-refractivity contribution in [2.75, 3.05) is 6.61 Å². The number of phosphoric ester groups is 1. The highest BCUT2D eigenvalue weighted by atomic mass is 79.9. The Morgan fingerprint density at radius 1 is 1.24 bits per heavy atom. The van der Waals surface area contributed by atoms with Crippen molar-refractivity contribution in [3.05, 3.63) is 31.5 Å². The lowest BCUT2D eigenvalue weighted by Gasteiger charge is -2.33. The van der Waals surface area contributed by atoms with Gasteiger partial charge in [0.2, 0.25) is 0 Å². The van der Waals surface area contributed by atoms with Gasteiger partial charge in [0.1, 0.15) is 12.3 Å². The Morgan fingerprint density at radius 3 is 2.45 bits per heavy atom. The van der Waals surface area contributed by atoms with Gasteiger partial charge in [-0.25, -0.2) is 13.4 Å². The van der Waals surface area contributed by atoms with E-state index in [4.69, 9.17) is 9.63 Å². The van der Waals surface area contributed by atoms with E-state index in [-0.39, 0.29) is 10.9 Å². The first kappa shape index (κ1) is 24.8. The molecule has 1 aliphatic rings. The molecule has 0 saturated carbocycles. The van der Waals surface area contributed by atoms with E-state index in [2.05, 4.69) is 29.1 Å². The summed E-state index contributed by atoms with van der Waals surface area (Å²) >= 11 is 2.89. The Hall–Kier alpha value is -0.510. The van der Waals surface area contributed by atoms with E-state index < -0.39 is 59.8 Å². The number of phosphoric acid groups is 3. The van der Waals surface area contributed by atoms with E-state index in [1.165, 1.54) is 0 Å². The van der Waals surface area contributed by atoms with Gasteiger partial charge >= 0.3 is 5.69 Å². The molecule has 29 heavy (non-hydrogen) atoms. The van der Waals surface area contributed by atoms with Crippen LogP contribution in [-0.2, 0) is 31.6 Å². The molecule has 1 fully saturated rings. The van der Waals surface area contributed by atoms with Gasteiger partial charge in [-0.15, -0.1) is 0 Å². The van der Waals surface area contributed by atoms with Gasteiger partial charge in [0.15, 0.2) is 0 Å². The van der Waals surface area contributed by atoms with Crippen LogP contribution in [0.3, 0.4) is 0 Å². The summed E-state index contributed by atoms with van der Waals surface area (Å²) in [5.41, 5.74) is -1.60. The average Bonchev–Trinajstić information content (AvgIpc) is 2.86. The van der Waals surface area contributed by atoms with E-state index in [9.17, 15) is 43.1 Å². The van der Waals surface area contributed by atoms with Crippen LogP contribution < -0.4 is 25.9 Å². The highest BCUT2D eigenvalue weighted by Crippen LogP contribution is 2.61. The summed E-state index contributed by atoms with van der Waals surface area (Å²) in [4.78, 5) is 66.3. The maximum Gasteiger partial charge on any atom is 0.330 e. The molecule has 2 rings (SSSR count). The second-order valence-corrected chi connectivity index (χ2v) is 10.5. The number of rotatable bonds is 8. The maximum atomic E-state index is 11.8. The molecule has 20 heteroatoms. The number of aliphatic hydroxyl groups excluding tert-OH is 1. The van der Waals surface area contributed by atoms with Crippen molar-refractivity contribution >= 4 is 39.4 Å². The van der Waals surface area contributed by atoms with Crippen LogP contribution in [0.15, 0.2) is 20.3 Å². The largest absolute Gasteiger partial charge is 0.756 e. The second-order valence-electron chi connectivity index (χ2n) is 5.40. The third-order valence-corrected chi connectivity index (χ3v) is 7.49. The van der Waals surface area contributed by atoms with Crippen molar-refractivity contribution in [1.29, 1.82) is 0 Å². The maximum absolute atomic E-state index is 11.8. The van der Waals surface area contributed by atoms with Crippen LogP contribution in [0.5, 0.6) is 0 Å². The van der Waals surface area contributed by atoms with Crippen LogP contribution in [0.1, 0.15) is 12.6 Å². The molecule has 6 atom stereocenters. The van der Waals surface area contributed by atoms with E-state index in [1.54, 1.807) is 0 Å². The molecule has 2 heterocycles. The van der Waals surface area contributed by atoms with Crippen LogP contribution in [0.4, 0.5) is 0 Å². The summed E-state index contributed by atoms with van der Waals surface area (Å²) in [6.07, 6.45) is -3.07. The fourth-order valence-corrected chi connectivity index (χ4v) is 5.38. The summed E-state index contributed by atoms with van der Waals surface area (Å²) in [6.45, 7) is -0.994. The predicted molar refractivity (Wildman–Crippen MR) is 86.7 cm³/mol. The van der Waals surface area contributed by atoms with Crippen LogP contribution in [0.2, 0.25) is 0 Å². The molecule has 4 unspecified atom stereocenters. The molecule has 0 amide bonds. The molecule has 1 aromatic rings. The topological polar surface area (TPSA) is 253 Å². The van der Waals surface area contributed by atoms with Crippen LogP contribution in [-0.4, -0.2) is 38.4 Å². The Kier molecular flexibility index (Phi) is 7.62. The Morgan fingerprint density at radius 2 is 1.86 bits per heavy atom. The number of aromatic amines is 1. The SMILES string of the molecule is O=c1[nH]c(=O)n([C@H]2CC(O)[C@@H](COP(=O)([O-])OP(=O)([O-])OP(=O)([O-])O)O2)cc1Br. The zero-order valence-electron chi connectivity index (χ0n) is 13.7. The molecule has 0 spiro atoms. The normalized spacial score (nSPS) is 28.4. The Bertz CT molecular complexity index is 1020. The molecule has 0 aliphatic carbocycles. The lowest BCUT2D eigenvalue weighted by Crippen LogP contribution is -2.32. The minimum absolute atomic E-state index is 0.0295. The van der Waals surface area contributed by atoms with Crippen molar-refractivity contribution in [3.8, 4) is 0 Å². The van der Waals surface area contributed by atoms with E-state index >= 15 is 0 Å². The van der Waals surface area contributed by atoms with Gasteiger partial charge in [0.05, 0.1) is 17.2 Å². The number of ether oxygens (including phenoxy) is 1. The molecule has 0 aromatic carbocycles. The highest BCUT2D eigenvalue weighted by Gasteiger charge is 2.37. The zero-order valence-corrected chi connectivity index (χ0v) is 18.0. The molecule has 1 aromatic heterocycles. The number of aliphatic hydroxyl groups is 1. The van der Waals surface area contributed by atoms with E-state index in [0.717, 1.165) is 10.8 Å². The minimum atomic E-state index is -6.05. The molecule has 3 N–H and O–H groups in total. The summed E-state index contributed by atoms with van der Waals surface area (Å²) in [5.74, 6) is 0. The van der Waals surface area contributed by atoms with Crippen molar-refractivity contribution < 1.29 is 56.3 Å². The number of H-pyrrole nitrogens is 1. The number of hydrogen-bond acceptors (Lipinski definition) is 13. The van der Waals surface area contributed by atoms with Gasteiger partial charge in [-0.1, -0.05) is 0 Å². The minimum Gasteiger partial charge on any atom is -0.756 e. The monoisotopic (exact) mass is 543 g/mol. The Labute approximate surface area is 168 Å². The smallest absolute Gasteiger partial charge is 0.330 e. The number of nitrogens with one attached hydrogen (secondary N) is 1. The lowest BCUT2D eigenvalue weighted by atomic mass is 10.2. The third-order valence-electron chi connectivity index (χ3n) is 3.24. The lowest BCUT2D eigenvalue weighted by molar-refractivity contribution is -0.250. The molecular weight excluding hydrogens is 533 g/mol. The van der Waals surface area contributed by atoms with Crippen molar-refractivity contribution in [3.63, 3.8) is 0 Å². The van der Waals surface area contributed by atoms with Gasteiger partial charge in [0, 0.05) is 12.6 Å². The van der Waals surface area contributed by atoms with E-state index in [0.29, 0.717) is 0 Å². The van der Waals surface area contributed by atoms with Gasteiger partial charge in [0.25, 0.3) is 29.0 Å². The first-order chi connectivity index (χ1) is 13.1. The molecule has 166 valence electrons. The number of nitrogens with zero attached hydrogens (tertiary/aromatic N) is 1. The quantitative estimate of drug-likeness (QED) is 0.284. The van der Waals surface area contributed by atoms with Crippen molar-refractivity contribution in [2.24, 2.45) is 0 Å². The number of hydrogen-bond donors (Lipinski definition) is 3. The van der Waals surface area contributed by atoms with Crippen LogP contribution in [0, 0.1) is 0 Å². The molecular formula is C9H11BrN2O14P3-3. The summed E-state index contributed by atoms with van der Waals surface area (Å²) in [5, 5.41) is 9.93. The summed E-state index contributed by atoms with van der Waals surface area (Å²) < 4.78 is 49.8.